The number of benzene rings is 1. The van der Waals surface area contributed by atoms with E-state index in [2.05, 4.69) is 5.32 Å². The maximum Gasteiger partial charge on any atom is 0.334 e. The Kier molecular flexibility index (Phi) is 3.87. The smallest absolute Gasteiger partial charge is 0.334 e. The molecule has 1 aromatic rings. The Bertz CT molecular complexity index is 407. The summed E-state index contributed by atoms with van der Waals surface area (Å²) in [6.07, 6.45) is 0.429. The Balaban J connectivity index is 2.23. The third kappa shape index (κ3) is 2.34. The van der Waals surface area contributed by atoms with Crippen LogP contribution >= 0.6 is 0 Å². The van der Waals surface area contributed by atoms with E-state index in [-0.39, 0.29) is 12.1 Å². The molecule has 98 valence electrons. The monoisotopic (exact) mass is 249 g/mol. The number of hydrogen-bond acceptors (Lipinski definition) is 4. The number of para-hydroxylation sites is 1. The summed E-state index contributed by atoms with van der Waals surface area (Å²) in [5.41, 5.74) is 0.139. The maximum absolute atomic E-state index is 12.2. The van der Waals surface area contributed by atoms with Gasteiger partial charge < -0.3 is 14.8 Å². The fourth-order valence-corrected chi connectivity index (χ4v) is 2.26. The number of anilines is 1. The first-order valence-corrected chi connectivity index (χ1v) is 6.31. The lowest BCUT2D eigenvalue weighted by molar-refractivity contribution is -0.150. The summed E-state index contributed by atoms with van der Waals surface area (Å²) < 4.78 is 10.7. The fourth-order valence-electron chi connectivity index (χ4n) is 2.26. The molecule has 1 heterocycles. The van der Waals surface area contributed by atoms with E-state index < -0.39 is 5.54 Å². The van der Waals surface area contributed by atoms with Crippen molar-refractivity contribution in [2.45, 2.75) is 31.9 Å². The van der Waals surface area contributed by atoms with Gasteiger partial charge in [0, 0.05) is 18.7 Å². The summed E-state index contributed by atoms with van der Waals surface area (Å²) in [5, 5.41) is 3.29. The van der Waals surface area contributed by atoms with Gasteiger partial charge >= 0.3 is 5.97 Å². The third-order valence-corrected chi connectivity index (χ3v) is 3.34. The van der Waals surface area contributed by atoms with Gasteiger partial charge in [-0.25, -0.2) is 4.79 Å². The molecule has 2 rings (SSSR count). The zero-order valence-electron chi connectivity index (χ0n) is 10.8. The highest BCUT2D eigenvalue weighted by atomic mass is 16.5. The summed E-state index contributed by atoms with van der Waals surface area (Å²) >= 11 is 0. The molecule has 18 heavy (non-hydrogen) atoms. The summed E-state index contributed by atoms with van der Waals surface area (Å²) in [5.74, 6) is -0.237. The lowest BCUT2D eigenvalue weighted by Crippen LogP contribution is -2.52. The Hall–Kier alpha value is -1.55. The number of hydrogen-bond donors (Lipinski definition) is 1. The molecule has 1 aromatic carbocycles. The molecule has 0 aliphatic carbocycles. The molecule has 1 N–H and O–H groups in total. The van der Waals surface area contributed by atoms with Crippen LogP contribution in [0.4, 0.5) is 5.69 Å². The van der Waals surface area contributed by atoms with Gasteiger partial charge in [0.25, 0.3) is 0 Å². The Labute approximate surface area is 107 Å². The molecule has 0 saturated carbocycles. The van der Waals surface area contributed by atoms with Crippen LogP contribution in [0, 0.1) is 0 Å². The van der Waals surface area contributed by atoms with Crippen LogP contribution in [0.25, 0.3) is 0 Å². The van der Waals surface area contributed by atoms with Crippen molar-refractivity contribution >= 4 is 11.7 Å². The minimum absolute atomic E-state index is 0.197. The van der Waals surface area contributed by atoms with Crippen LogP contribution < -0.4 is 5.32 Å². The lowest BCUT2D eigenvalue weighted by Gasteiger charge is -2.31. The van der Waals surface area contributed by atoms with Crippen molar-refractivity contribution in [2.24, 2.45) is 0 Å². The highest BCUT2D eigenvalue weighted by molar-refractivity contribution is 5.86. The van der Waals surface area contributed by atoms with Crippen LogP contribution in [0.15, 0.2) is 30.3 Å². The SMILES string of the molecule is CCOC(=O)C1(Nc2ccccc2)CCOC1C. The topological polar surface area (TPSA) is 47.6 Å². The molecular formula is C14H19NO3. The number of rotatable bonds is 4. The van der Waals surface area contributed by atoms with Gasteiger partial charge in [0.1, 0.15) is 0 Å². The van der Waals surface area contributed by atoms with Crippen molar-refractivity contribution in [1.82, 2.24) is 0 Å². The summed E-state index contributed by atoms with van der Waals surface area (Å²) in [6, 6.07) is 9.68. The predicted molar refractivity (Wildman–Crippen MR) is 69.5 cm³/mol. The Morgan fingerprint density at radius 2 is 2.22 bits per heavy atom. The van der Waals surface area contributed by atoms with E-state index in [4.69, 9.17) is 9.47 Å². The van der Waals surface area contributed by atoms with E-state index in [1.165, 1.54) is 0 Å². The zero-order chi connectivity index (χ0) is 13.0. The largest absolute Gasteiger partial charge is 0.464 e. The number of ether oxygens (including phenoxy) is 2. The van der Waals surface area contributed by atoms with Crippen molar-refractivity contribution in [1.29, 1.82) is 0 Å². The van der Waals surface area contributed by atoms with E-state index in [1.807, 2.05) is 44.2 Å². The van der Waals surface area contributed by atoms with Crippen LogP contribution in [-0.4, -0.2) is 30.8 Å². The number of carbonyl (C=O) groups excluding carboxylic acids is 1. The van der Waals surface area contributed by atoms with Gasteiger partial charge in [-0.2, -0.15) is 0 Å². The van der Waals surface area contributed by atoms with Crippen molar-refractivity contribution < 1.29 is 14.3 Å². The first-order chi connectivity index (χ1) is 8.69. The molecule has 1 fully saturated rings. The van der Waals surface area contributed by atoms with Gasteiger partial charge in [-0.3, -0.25) is 0 Å². The molecule has 2 atom stereocenters. The maximum atomic E-state index is 12.2. The van der Waals surface area contributed by atoms with Gasteiger partial charge in [0.15, 0.2) is 5.54 Å². The Morgan fingerprint density at radius 3 is 2.78 bits per heavy atom. The van der Waals surface area contributed by atoms with Crippen LogP contribution in [0.5, 0.6) is 0 Å². The summed E-state index contributed by atoms with van der Waals surface area (Å²) in [6.45, 7) is 4.66. The first kappa shape index (κ1) is 12.9. The third-order valence-electron chi connectivity index (χ3n) is 3.34. The van der Waals surface area contributed by atoms with Crippen LogP contribution in [0.3, 0.4) is 0 Å². The molecule has 1 aliphatic rings. The lowest BCUT2D eigenvalue weighted by atomic mass is 9.91. The molecule has 2 unspecified atom stereocenters. The van der Waals surface area contributed by atoms with Crippen LogP contribution in [0.1, 0.15) is 20.3 Å². The molecule has 4 heteroatoms. The highest BCUT2D eigenvalue weighted by Gasteiger charge is 2.49. The highest BCUT2D eigenvalue weighted by Crippen LogP contribution is 2.31. The molecule has 0 bridgehead atoms. The van der Waals surface area contributed by atoms with E-state index in [0.717, 1.165) is 5.69 Å². The molecule has 0 amide bonds. The quantitative estimate of drug-likeness (QED) is 0.831. The van der Waals surface area contributed by atoms with Gasteiger partial charge in [-0.1, -0.05) is 18.2 Å². The number of nitrogens with one attached hydrogen (secondary N) is 1. The van der Waals surface area contributed by atoms with Crippen molar-refractivity contribution in [3.8, 4) is 0 Å². The molecule has 0 spiro atoms. The average molecular weight is 249 g/mol. The molecule has 0 aromatic heterocycles. The molecule has 4 nitrogen and oxygen atoms in total. The standard InChI is InChI=1S/C14H19NO3/c1-3-17-13(16)14(9-10-18-11(14)2)15-12-7-5-4-6-8-12/h4-8,11,15H,3,9-10H2,1-2H3. The molecule has 0 radical (unpaired) electrons. The predicted octanol–water partition coefficient (Wildman–Crippen LogP) is 2.21. The van der Waals surface area contributed by atoms with Crippen molar-refractivity contribution in [2.75, 3.05) is 18.5 Å². The second-order valence-electron chi connectivity index (χ2n) is 4.45. The van der Waals surface area contributed by atoms with Crippen LogP contribution in [-0.2, 0) is 14.3 Å². The van der Waals surface area contributed by atoms with E-state index in [0.29, 0.717) is 19.6 Å². The van der Waals surface area contributed by atoms with Crippen LogP contribution in [0.2, 0.25) is 0 Å². The fraction of sp³-hybridized carbons (Fsp3) is 0.500. The van der Waals surface area contributed by atoms with Gasteiger partial charge in [0.2, 0.25) is 0 Å². The summed E-state index contributed by atoms with van der Waals surface area (Å²) in [4.78, 5) is 12.2. The van der Waals surface area contributed by atoms with E-state index >= 15 is 0 Å². The van der Waals surface area contributed by atoms with Crippen molar-refractivity contribution in [3.05, 3.63) is 30.3 Å². The molecule has 1 aliphatic heterocycles. The normalized spacial score (nSPS) is 26.9. The second-order valence-corrected chi connectivity index (χ2v) is 4.45. The number of esters is 1. The molecular weight excluding hydrogens is 230 g/mol. The van der Waals surface area contributed by atoms with Gasteiger partial charge in [0.05, 0.1) is 12.7 Å². The minimum Gasteiger partial charge on any atom is -0.464 e. The Morgan fingerprint density at radius 1 is 1.50 bits per heavy atom. The zero-order valence-corrected chi connectivity index (χ0v) is 10.8. The van der Waals surface area contributed by atoms with Gasteiger partial charge in [-0.05, 0) is 26.0 Å². The summed E-state index contributed by atoms with van der Waals surface area (Å²) in [7, 11) is 0. The van der Waals surface area contributed by atoms with Crippen molar-refractivity contribution in [3.63, 3.8) is 0 Å². The number of carbonyl (C=O) groups is 1. The second kappa shape index (κ2) is 5.40. The first-order valence-electron chi connectivity index (χ1n) is 6.31. The molecule has 1 saturated heterocycles. The minimum atomic E-state index is -0.767. The van der Waals surface area contributed by atoms with Gasteiger partial charge in [-0.15, -0.1) is 0 Å². The average Bonchev–Trinajstić information content (AvgIpc) is 2.74. The van der Waals surface area contributed by atoms with E-state index in [9.17, 15) is 4.79 Å². The van der Waals surface area contributed by atoms with E-state index in [1.54, 1.807) is 0 Å².